The normalized spacial score (nSPS) is 10.5. The first-order chi connectivity index (χ1) is 13.5. The number of hydrogen-bond donors (Lipinski definition) is 2. The van der Waals surface area contributed by atoms with Gasteiger partial charge < -0.3 is 10.6 Å². The van der Waals surface area contributed by atoms with Gasteiger partial charge in [-0.3, -0.25) is 9.59 Å². The first kappa shape index (κ1) is 19.9. The largest absolute Gasteiger partial charge is 0.352 e. The summed E-state index contributed by atoms with van der Waals surface area (Å²) in [6, 6.07) is 14.0. The Labute approximate surface area is 172 Å². The molecule has 28 heavy (non-hydrogen) atoms. The SMILES string of the molecule is O=C(CCCNC(=O)c1cnn(-c2ccc(Cl)cc2)c1)Nc1ccc(Cl)cc1. The zero-order valence-corrected chi connectivity index (χ0v) is 16.4. The number of rotatable bonds is 7. The zero-order valence-electron chi connectivity index (χ0n) is 14.9. The molecule has 6 nitrogen and oxygen atoms in total. The molecule has 0 saturated carbocycles. The first-order valence-corrected chi connectivity index (χ1v) is 9.41. The summed E-state index contributed by atoms with van der Waals surface area (Å²) in [5.74, 6) is -0.356. The number of halogens is 2. The van der Waals surface area contributed by atoms with Crippen LogP contribution in [0.4, 0.5) is 5.69 Å². The monoisotopic (exact) mass is 416 g/mol. The Morgan fingerprint density at radius 2 is 1.61 bits per heavy atom. The van der Waals surface area contributed by atoms with Gasteiger partial charge in [-0.1, -0.05) is 23.2 Å². The lowest BCUT2D eigenvalue weighted by Crippen LogP contribution is -2.25. The molecule has 0 saturated heterocycles. The van der Waals surface area contributed by atoms with Gasteiger partial charge in [0.1, 0.15) is 0 Å². The highest BCUT2D eigenvalue weighted by Gasteiger charge is 2.09. The molecule has 0 aliphatic heterocycles. The Kier molecular flexibility index (Phi) is 6.68. The van der Waals surface area contributed by atoms with Gasteiger partial charge in [-0.15, -0.1) is 0 Å². The van der Waals surface area contributed by atoms with Crippen molar-refractivity contribution in [2.24, 2.45) is 0 Å². The summed E-state index contributed by atoms with van der Waals surface area (Å²) in [5, 5.41) is 11.0. The van der Waals surface area contributed by atoms with Crippen molar-refractivity contribution >= 4 is 40.7 Å². The summed E-state index contributed by atoms with van der Waals surface area (Å²) in [6.45, 7) is 0.388. The second kappa shape index (κ2) is 9.39. The van der Waals surface area contributed by atoms with Crippen molar-refractivity contribution < 1.29 is 9.59 Å². The molecule has 0 aliphatic rings. The number of nitrogens with zero attached hydrogens (tertiary/aromatic N) is 2. The molecule has 1 aromatic heterocycles. The molecular weight excluding hydrogens is 399 g/mol. The number of carbonyl (C=O) groups excluding carboxylic acids is 2. The Morgan fingerprint density at radius 1 is 0.964 bits per heavy atom. The van der Waals surface area contributed by atoms with Gasteiger partial charge in [-0.2, -0.15) is 5.10 Å². The van der Waals surface area contributed by atoms with Crippen LogP contribution in [-0.4, -0.2) is 28.1 Å². The van der Waals surface area contributed by atoms with E-state index in [1.165, 1.54) is 6.20 Å². The summed E-state index contributed by atoms with van der Waals surface area (Å²) in [5.41, 5.74) is 1.94. The van der Waals surface area contributed by atoms with E-state index in [0.717, 1.165) is 5.69 Å². The van der Waals surface area contributed by atoms with Gasteiger partial charge in [-0.05, 0) is 55.0 Å². The van der Waals surface area contributed by atoms with Gasteiger partial charge in [0.2, 0.25) is 5.91 Å². The molecule has 1 heterocycles. The van der Waals surface area contributed by atoms with E-state index in [1.807, 2.05) is 12.1 Å². The Bertz CT molecular complexity index is 953. The standard InChI is InChI=1S/C20H18Cl2N4O2/c21-15-3-7-17(8-4-15)25-19(27)2-1-11-23-20(28)14-12-24-26(13-14)18-9-5-16(22)6-10-18/h3-10,12-13H,1-2,11H2,(H,23,28)(H,25,27). The number of benzene rings is 2. The molecule has 0 spiro atoms. The second-order valence-corrected chi connectivity index (χ2v) is 6.94. The summed E-state index contributed by atoms with van der Waals surface area (Å²) in [6.07, 6.45) is 3.96. The van der Waals surface area contributed by atoms with E-state index in [1.54, 1.807) is 47.3 Å². The molecule has 3 aromatic rings. The molecule has 8 heteroatoms. The maximum Gasteiger partial charge on any atom is 0.254 e. The van der Waals surface area contributed by atoms with Crippen molar-refractivity contribution in [1.82, 2.24) is 15.1 Å². The van der Waals surface area contributed by atoms with Crippen molar-refractivity contribution in [2.45, 2.75) is 12.8 Å². The molecule has 3 rings (SSSR count). The van der Waals surface area contributed by atoms with Crippen LogP contribution in [0.25, 0.3) is 5.69 Å². The molecule has 144 valence electrons. The molecule has 0 bridgehead atoms. The lowest BCUT2D eigenvalue weighted by molar-refractivity contribution is -0.116. The van der Waals surface area contributed by atoms with E-state index in [9.17, 15) is 9.59 Å². The van der Waals surface area contributed by atoms with Crippen LogP contribution in [0.5, 0.6) is 0 Å². The van der Waals surface area contributed by atoms with Gasteiger partial charge in [0.05, 0.1) is 17.4 Å². The van der Waals surface area contributed by atoms with Crippen LogP contribution in [0.2, 0.25) is 10.0 Å². The minimum Gasteiger partial charge on any atom is -0.352 e. The Hall–Kier alpha value is -2.83. The minimum absolute atomic E-state index is 0.118. The number of amides is 2. The number of aromatic nitrogens is 2. The fraction of sp³-hybridized carbons (Fsp3) is 0.150. The maximum atomic E-state index is 12.2. The highest BCUT2D eigenvalue weighted by Crippen LogP contribution is 2.14. The van der Waals surface area contributed by atoms with Gasteiger partial charge in [-0.25, -0.2) is 4.68 Å². The average Bonchev–Trinajstić information content (AvgIpc) is 3.18. The van der Waals surface area contributed by atoms with Crippen LogP contribution in [0.15, 0.2) is 60.9 Å². The van der Waals surface area contributed by atoms with Crippen LogP contribution in [0.1, 0.15) is 23.2 Å². The molecule has 2 aromatic carbocycles. The van der Waals surface area contributed by atoms with Crippen molar-refractivity contribution in [3.63, 3.8) is 0 Å². The topological polar surface area (TPSA) is 76.0 Å². The molecule has 0 radical (unpaired) electrons. The Balaban J connectivity index is 1.42. The van der Waals surface area contributed by atoms with Crippen molar-refractivity contribution in [3.8, 4) is 5.69 Å². The number of nitrogens with one attached hydrogen (secondary N) is 2. The molecule has 0 fully saturated rings. The van der Waals surface area contributed by atoms with E-state index in [4.69, 9.17) is 23.2 Å². The predicted octanol–water partition coefficient (Wildman–Crippen LogP) is 4.33. The Morgan fingerprint density at radius 3 is 2.29 bits per heavy atom. The summed E-state index contributed by atoms with van der Waals surface area (Å²) in [4.78, 5) is 24.1. The van der Waals surface area contributed by atoms with Crippen LogP contribution in [-0.2, 0) is 4.79 Å². The van der Waals surface area contributed by atoms with E-state index in [0.29, 0.717) is 40.7 Å². The highest BCUT2D eigenvalue weighted by atomic mass is 35.5. The smallest absolute Gasteiger partial charge is 0.254 e. The van der Waals surface area contributed by atoms with Gasteiger partial charge in [0.15, 0.2) is 0 Å². The van der Waals surface area contributed by atoms with Crippen LogP contribution in [0.3, 0.4) is 0 Å². The quantitative estimate of drug-likeness (QED) is 0.562. The average molecular weight is 417 g/mol. The third kappa shape index (κ3) is 5.58. The predicted molar refractivity (Wildman–Crippen MR) is 110 cm³/mol. The van der Waals surface area contributed by atoms with E-state index in [-0.39, 0.29) is 11.8 Å². The van der Waals surface area contributed by atoms with Crippen LogP contribution >= 0.6 is 23.2 Å². The van der Waals surface area contributed by atoms with E-state index in [2.05, 4.69) is 15.7 Å². The fourth-order valence-electron chi connectivity index (χ4n) is 2.48. The fourth-order valence-corrected chi connectivity index (χ4v) is 2.74. The van der Waals surface area contributed by atoms with Crippen LogP contribution < -0.4 is 10.6 Å². The summed E-state index contributed by atoms with van der Waals surface area (Å²) >= 11 is 11.7. The minimum atomic E-state index is -0.238. The highest BCUT2D eigenvalue weighted by molar-refractivity contribution is 6.30. The van der Waals surface area contributed by atoms with E-state index < -0.39 is 0 Å². The van der Waals surface area contributed by atoms with Gasteiger partial charge >= 0.3 is 0 Å². The number of carbonyl (C=O) groups is 2. The molecular formula is C20H18Cl2N4O2. The molecule has 2 N–H and O–H groups in total. The van der Waals surface area contributed by atoms with Gasteiger partial charge in [0, 0.05) is 34.9 Å². The maximum absolute atomic E-state index is 12.2. The molecule has 0 atom stereocenters. The first-order valence-electron chi connectivity index (χ1n) is 8.65. The zero-order chi connectivity index (χ0) is 19.9. The molecule has 0 aliphatic carbocycles. The van der Waals surface area contributed by atoms with Crippen molar-refractivity contribution in [1.29, 1.82) is 0 Å². The lowest BCUT2D eigenvalue weighted by Gasteiger charge is -2.06. The molecule has 0 unspecified atom stereocenters. The van der Waals surface area contributed by atoms with E-state index >= 15 is 0 Å². The third-order valence-electron chi connectivity index (χ3n) is 3.93. The number of hydrogen-bond acceptors (Lipinski definition) is 3. The number of anilines is 1. The van der Waals surface area contributed by atoms with Crippen molar-refractivity contribution in [3.05, 3.63) is 76.5 Å². The molecule has 2 amide bonds. The summed E-state index contributed by atoms with van der Waals surface area (Å²) < 4.78 is 1.60. The lowest BCUT2D eigenvalue weighted by atomic mass is 10.2. The second-order valence-electron chi connectivity index (χ2n) is 6.06. The van der Waals surface area contributed by atoms with Crippen LogP contribution in [0, 0.1) is 0 Å². The third-order valence-corrected chi connectivity index (χ3v) is 4.43. The van der Waals surface area contributed by atoms with Crippen molar-refractivity contribution in [2.75, 3.05) is 11.9 Å². The van der Waals surface area contributed by atoms with Gasteiger partial charge in [0.25, 0.3) is 5.91 Å². The summed E-state index contributed by atoms with van der Waals surface area (Å²) in [7, 11) is 0.